The summed E-state index contributed by atoms with van der Waals surface area (Å²) >= 11 is 0. The van der Waals surface area contributed by atoms with Crippen molar-refractivity contribution >= 4 is 28.2 Å². The molecule has 0 aliphatic carbocycles. The van der Waals surface area contributed by atoms with Crippen molar-refractivity contribution in [3.05, 3.63) is 69.9 Å². The highest BCUT2D eigenvalue weighted by Crippen LogP contribution is 2.25. The summed E-state index contributed by atoms with van der Waals surface area (Å²) in [4.78, 5) is 25.8. The topological polar surface area (TPSA) is 97.3 Å². The molecule has 30 heavy (non-hydrogen) atoms. The van der Waals surface area contributed by atoms with Gasteiger partial charge in [-0.25, -0.2) is 8.78 Å². The normalized spacial score (nSPS) is 11.8. The predicted molar refractivity (Wildman–Crippen MR) is 100.0 cm³/mol. The van der Waals surface area contributed by atoms with Gasteiger partial charge < -0.3 is 15.0 Å². The third-order valence-corrected chi connectivity index (χ3v) is 4.19. The zero-order chi connectivity index (χ0) is 21.9. The zero-order valence-corrected chi connectivity index (χ0v) is 15.2. The van der Waals surface area contributed by atoms with Gasteiger partial charge in [-0.1, -0.05) is 12.1 Å². The SMILES string of the molecule is O=C(Nc1cccc(COCC(F)(F)C(F)F)c1)c1c[nH]c2ccc([N+](=O)[O-])cc12. The first-order chi connectivity index (χ1) is 14.2. The highest BCUT2D eigenvalue weighted by molar-refractivity contribution is 6.13. The Kier molecular flexibility index (Phi) is 6.01. The van der Waals surface area contributed by atoms with E-state index < -0.39 is 29.8 Å². The number of non-ortho nitro benzene ring substituents is 1. The maximum Gasteiger partial charge on any atom is 0.330 e. The van der Waals surface area contributed by atoms with Gasteiger partial charge in [0, 0.05) is 34.9 Å². The lowest BCUT2D eigenvalue weighted by atomic mass is 10.1. The van der Waals surface area contributed by atoms with E-state index in [2.05, 4.69) is 15.0 Å². The first kappa shape index (κ1) is 21.2. The molecule has 3 rings (SSSR count). The van der Waals surface area contributed by atoms with Crippen LogP contribution in [0.5, 0.6) is 0 Å². The van der Waals surface area contributed by atoms with Gasteiger partial charge in [0.05, 0.1) is 17.1 Å². The maximum atomic E-state index is 12.9. The third kappa shape index (κ3) is 4.74. The average Bonchev–Trinajstić information content (AvgIpc) is 3.11. The van der Waals surface area contributed by atoms with Gasteiger partial charge in [0.1, 0.15) is 6.61 Å². The van der Waals surface area contributed by atoms with Crippen LogP contribution in [0.1, 0.15) is 15.9 Å². The molecule has 0 bridgehead atoms. The number of hydrogen-bond acceptors (Lipinski definition) is 4. The van der Waals surface area contributed by atoms with Gasteiger partial charge in [0.25, 0.3) is 11.6 Å². The Labute approximate surface area is 166 Å². The number of aromatic amines is 1. The maximum absolute atomic E-state index is 12.9. The van der Waals surface area contributed by atoms with Crippen LogP contribution in [-0.2, 0) is 11.3 Å². The standard InChI is InChI=1S/C19H15F4N3O4/c20-18(21)19(22,23)10-30-9-11-2-1-3-12(6-11)25-17(27)15-8-24-16-5-4-13(26(28)29)7-14(15)16/h1-8,18,24H,9-10H2,(H,25,27). The van der Waals surface area contributed by atoms with Crippen LogP contribution in [0.25, 0.3) is 10.9 Å². The minimum Gasteiger partial charge on any atom is -0.370 e. The van der Waals surface area contributed by atoms with Crippen LogP contribution in [-0.4, -0.2) is 34.8 Å². The number of anilines is 1. The van der Waals surface area contributed by atoms with Crippen molar-refractivity contribution < 1.29 is 32.0 Å². The summed E-state index contributed by atoms with van der Waals surface area (Å²) in [5.74, 6) is -4.80. The predicted octanol–water partition coefficient (Wildman–Crippen LogP) is 4.75. The summed E-state index contributed by atoms with van der Waals surface area (Å²) in [6.07, 6.45) is -2.42. The molecule has 0 atom stereocenters. The lowest BCUT2D eigenvalue weighted by Gasteiger charge is -2.15. The van der Waals surface area contributed by atoms with E-state index in [1.807, 2.05) is 0 Å². The van der Waals surface area contributed by atoms with E-state index in [1.165, 1.54) is 48.7 Å². The number of carbonyl (C=O) groups is 1. The number of nitrogens with zero attached hydrogens (tertiary/aromatic N) is 1. The second-order valence-electron chi connectivity index (χ2n) is 6.40. The average molecular weight is 425 g/mol. The molecule has 0 aliphatic rings. The minimum atomic E-state index is -4.25. The van der Waals surface area contributed by atoms with Crippen LogP contribution in [0.15, 0.2) is 48.7 Å². The molecule has 2 aromatic carbocycles. The number of alkyl halides is 4. The number of nitrogens with one attached hydrogen (secondary N) is 2. The van der Waals surface area contributed by atoms with Crippen LogP contribution >= 0.6 is 0 Å². The minimum absolute atomic E-state index is 0.170. The zero-order valence-electron chi connectivity index (χ0n) is 15.2. The van der Waals surface area contributed by atoms with E-state index in [0.29, 0.717) is 22.2 Å². The fourth-order valence-corrected chi connectivity index (χ4v) is 2.72. The molecule has 0 radical (unpaired) electrons. The van der Waals surface area contributed by atoms with Crippen LogP contribution in [0, 0.1) is 10.1 Å². The van der Waals surface area contributed by atoms with Gasteiger partial charge in [0.15, 0.2) is 0 Å². The largest absolute Gasteiger partial charge is 0.370 e. The summed E-state index contributed by atoms with van der Waals surface area (Å²) in [5.41, 5.74) is 1.23. The van der Waals surface area contributed by atoms with E-state index in [0.717, 1.165) is 0 Å². The van der Waals surface area contributed by atoms with Gasteiger partial charge >= 0.3 is 12.3 Å². The fourth-order valence-electron chi connectivity index (χ4n) is 2.72. The number of fused-ring (bicyclic) bond motifs is 1. The van der Waals surface area contributed by atoms with E-state index in [4.69, 9.17) is 0 Å². The summed E-state index contributed by atoms with van der Waals surface area (Å²) < 4.78 is 54.7. The summed E-state index contributed by atoms with van der Waals surface area (Å²) in [5, 5.41) is 13.9. The van der Waals surface area contributed by atoms with Crippen molar-refractivity contribution in [2.75, 3.05) is 11.9 Å². The van der Waals surface area contributed by atoms with Crippen molar-refractivity contribution in [3.63, 3.8) is 0 Å². The van der Waals surface area contributed by atoms with E-state index in [-0.39, 0.29) is 17.9 Å². The van der Waals surface area contributed by atoms with E-state index >= 15 is 0 Å². The lowest BCUT2D eigenvalue weighted by Crippen LogP contribution is -2.32. The molecule has 0 saturated heterocycles. The Morgan fingerprint density at radius 2 is 2.00 bits per heavy atom. The quantitative estimate of drug-likeness (QED) is 0.309. The number of carbonyl (C=O) groups excluding carboxylic acids is 1. The highest BCUT2D eigenvalue weighted by Gasteiger charge is 2.40. The monoisotopic (exact) mass is 425 g/mol. The Morgan fingerprint density at radius 3 is 2.70 bits per heavy atom. The number of ether oxygens (including phenoxy) is 1. The lowest BCUT2D eigenvalue weighted by molar-refractivity contribution is -0.384. The molecule has 1 amide bonds. The van der Waals surface area contributed by atoms with Gasteiger partial charge in [0.2, 0.25) is 0 Å². The second-order valence-corrected chi connectivity index (χ2v) is 6.40. The Balaban J connectivity index is 1.70. The molecular formula is C19H15F4N3O4. The summed E-state index contributed by atoms with van der Waals surface area (Å²) in [6, 6.07) is 10.1. The molecule has 0 aliphatic heterocycles. The molecule has 0 fully saturated rings. The Bertz CT molecular complexity index is 1080. The van der Waals surface area contributed by atoms with Crippen molar-refractivity contribution in [1.29, 1.82) is 0 Å². The number of benzene rings is 2. The smallest absolute Gasteiger partial charge is 0.330 e. The van der Waals surface area contributed by atoms with Crippen LogP contribution in [0.4, 0.5) is 28.9 Å². The molecule has 158 valence electrons. The van der Waals surface area contributed by atoms with E-state index in [1.54, 1.807) is 0 Å². The number of aromatic nitrogens is 1. The molecule has 0 spiro atoms. The van der Waals surface area contributed by atoms with Gasteiger partial charge in [-0.05, 0) is 23.8 Å². The highest BCUT2D eigenvalue weighted by atomic mass is 19.3. The number of halogens is 4. The molecule has 1 aromatic heterocycles. The molecule has 3 aromatic rings. The molecule has 1 heterocycles. The number of rotatable bonds is 8. The molecule has 11 heteroatoms. The number of H-pyrrole nitrogens is 1. The van der Waals surface area contributed by atoms with Crippen LogP contribution < -0.4 is 5.32 Å². The number of hydrogen-bond donors (Lipinski definition) is 2. The van der Waals surface area contributed by atoms with Crippen LogP contribution in [0.3, 0.4) is 0 Å². The number of nitro groups is 1. The van der Waals surface area contributed by atoms with Crippen molar-refractivity contribution in [2.24, 2.45) is 0 Å². The van der Waals surface area contributed by atoms with Crippen molar-refractivity contribution in [2.45, 2.75) is 19.0 Å². The molecule has 7 nitrogen and oxygen atoms in total. The van der Waals surface area contributed by atoms with Gasteiger partial charge in [-0.3, -0.25) is 14.9 Å². The first-order valence-electron chi connectivity index (χ1n) is 8.57. The summed E-state index contributed by atoms with van der Waals surface area (Å²) in [6.45, 7) is -1.79. The van der Waals surface area contributed by atoms with Gasteiger partial charge in [-0.15, -0.1) is 0 Å². The second kappa shape index (κ2) is 8.49. The molecule has 0 saturated carbocycles. The molecular weight excluding hydrogens is 410 g/mol. The summed E-state index contributed by atoms with van der Waals surface area (Å²) in [7, 11) is 0. The third-order valence-electron chi connectivity index (χ3n) is 4.19. The van der Waals surface area contributed by atoms with Gasteiger partial charge in [-0.2, -0.15) is 8.78 Å². The van der Waals surface area contributed by atoms with E-state index in [9.17, 15) is 32.5 Å². The van der Waals surface area contributed by atoms with Crippen LogP contribution in [0.2, 0.25) is 0 Å². The first-order valence-corrected chi connectivity index (χ1v) is 8.57. The Morgan fingerprint density at radius 1 is 1.23 bits per heavy atom. The van der Waals surface area contributed by atoms with Crippen molar-refractivity contribution in [1.82, 2.24) is 4.98 Å². The molecule has 0 unspecified atom stereocenters. The number of nitro benzene ring substituents is 1. The fraction of sp³-hybridized carbons (Fsp3) is 0.211. The molecule has 2 N–H and O–H groups in total. The van der Waals surface area contributed by atoms with Crippen molar-refractivity contribution in [3.8, 4) is 0 Å². The Hall–Kier alpha value is -3.47. The number of amides is 1.